The molecule has 0 saturated carbocycles. The van der Waals surface area contributed by atoms with E-state index in [-0.39, 0.29) is 48.8 Å². The van der Waals surface area contributed by atoms with Gasteiger partial charge in [0.2, 0.25) is 0 Å². The minimum atomic E-state index is -0.545. The van der Waals surface area contributed by atoms with Gasteiger partial charge in [-0.25, -0.2) is 4.79 Å². The van der Waals surface area contributed by atoms with Gasteiger partial charge in [0, 0.05) is 32.2 Å². The Bertz CT molecular complexity index is 699. The van der Waals surface area contributed by atoms with E-state index in [0.717, 1.165) is 58.4 Å². The maximum Gasteiger partial charge on any atom is 0.349 e. The summed E-state index contributed by atoms with van der Waals surface area (Å²) >= 11 is 0. The van der Waals surface area contributed by atoms with E-state index in [1.165, 1.54) is 0 Å². The summed E-state index contributed by atoms with van der Waals surface area (Å²) in [5.74, 6) is 0.915. The highest BCUT2D eigenvalue weighted by atomic mass is 35.5. The third-order valence-corrected chi connectivity index (χ3v) is 5.77. The molecule has 3 N–H and O–H groups in total. The Morgan fingerprint density at radius 1 is 1.31 bits per heavy atom. The van der Waals surface area contributed by atoms with Crippen LogP contribution in [0.1, 0.15) is 53.3 Å². The van der Waals surface area contributed by atoms with E-state index >= 15 is 0 Å². The van der Waals surface area contributed by atoms with E-state index in [2.05, 4.69) is 15.5 Å². The number of likely N-dealkylation sites (tertiary alicyclic amines) is 1. The fourth-order valence-corrected chi connectivity index (χ4v) is 4.01. The normalized spacial score (nSPS) is 20.4. The number of rotatable bonds is 6. The van der Waals surface area contributed by atoms with Gasteiger partial charge in [0.1, 0.15) is 11.3 Å². The van der Waals surface area contributed by atoms with E-state index in [1.54, 1.807) is 6.92 Å². The van der Waals surface area contributed by atoms with Crippen molar-refractivity contribution in [3.05, 3.63) is 33.4 Å². The number of halogens is 2. The number of amides is 1. The minimum Gasteiger partial charge on any atom is -0.427 e. The Morgan fingerprint density at radius 2 is 2.03 bits per heavy atom. The predicted octanol–water partition coefficient (Wildman–Crippen LogP) is 1.69. The van der Waals surface area contributed by atoms with Crippen LogP contribution in [0.4, 0.5) is 0 Å². The quantitative estimate of drug-likeness (QED) is 0.611. The van der Waals surface area contributed by atoms with Gasteiger partial charge in [0.15, 0.2) is 0 Å². The molecule has 1 amide bonds. The zero-order valence-electron chi connectivity index (χ0n) is 16.9. The zero-order valence-corrected chi connectivity index (χ0v) is 18.6. The number of aliphatic hydroxyl groups is 1. The zero-order chi connectivity index (χ0) is 19.2. The van der Waals surface area contributed by atoms with Crippen LogP contribution in [0, 0.1) is 12.8 Å². The Labute approximate surface area is 184 Å². The Kier molecular flexibility index (Phi) is 11.2. The van der Waals surface area contributed by atoms with Crippen LogP contribution in [0.3, 0.4) is 0 Å². The lowest BCUT2D eigenvalue weighted by Gasteiger charge is -2.30. The van der Waals surface area contributed by atoms with Crippen molar-refractivity contribution in [2.24, 2.45) is 5.92 Å². The predicted molar refractivity (Wildman–Crippen MR) is 118 cm³/mol. The fraction of sp³-hybridized carbons (Fsp3) is 0.700. The number of aliphatic hydroxyl groups excluding tert-OH is 1. The molecule has 166 valence electrons. The van der Waals surface area contributed by atoms with Gasteiger partial charge in [-0.2, -0.15) is 0 Å². The maximum atomic E-state index is 12.5. The van der Waals surface area contributed by atoms with Crippen LogP contribution in [-0.4, -0.2) is 61.8 Å². The molecule has 2 fully saturated rings. The summed E-state index contributed by atoms with van der Waals surface area (Å²) < 4.78 is 5.48. The van der Waals surface area contributed by atoms with Crippen LogP contribution in [-0.2, 0) is 0 Å². The lowest BCUT2D eigenvalue weighted by molar-refractivity contribution is 0.0933. The van der Waals surface area contributed by atoms with E-state index in [0.29, 0.717) is 23.8 Å². The van der Waals surface area contributed by atoms with Gasteiger partial charge in [-0.15, -0.1) is 24.8 Å². The molecule has 1 unspecified atom stereocenters. The number of nitrogens with one attached hydrogen (secondary N) is 2. The number of carbonyl (C=O) groups excluding carboxylic acids is 1. The number of carbonyl (C=O) groups is 1. The molecule has 0 aromatic carbocycles. The Hall–Kier alpha value is -1.12. The van der Waals surface area contributed by atoms with Crippen molar-refractivity contribution in [3.63, 3.8) is 0 Å². The van der Waals surface area contributed by atoms with Crippen molar-refractivity contribution in [1.82, 2.24) is 15.5 Å². The van der Waals surface area contributed by atoms with Gasteiger partial charge < -0.3 is 25.1 Å². The average Bonchev–Trinajstić information content (AvgIpc) is 2.68. The molecule has 0 aliphatic carbocycles. The first-order valence-electron chi connectivity index (χ1n) is 10.0. The SMILES string of the molecule is Cc1cc(C2CCCNC2)oc(=O)c1C(=O)NCCN1CCC(CO)CC1.Cl.Cl. The van der Waals surface area contributed by atoms with Crippen molar-refractivity contribution < 1.29 is 14.3 Å². The molecule has 0 spiro atoms. The highest BCUT2D eigenvalue weighted by Crippen LogP contribution is 2.23. The monoisotopic (exact) mass is 449 g/mol. The second kappa shape index (κ2) is 12.5. The first-order valence-corrected chi connectivity index (χ1v) is 10.0. The summed E-state index contributed by atoms with van der Waals surface area (Å²) in [7, 11) is 0. The van der Waals surface area contributed by atoms with Gasteiger partial charge in [-0.3, -0.25) is 4.79 Å². The van der Waals surface area contributed by atoms with E-state index in [4.69, 9.17) is 4.42 Å². The molecule has 0 radical (unpaired) electrons. The second-order valence-electron chi connectivity index (χ2n) is 7.76. The van der Waals surface area contributed by atoms with Gasteiger partial charge in [0.05, 0.1) is 0 Å². The maximum absolute atomic E-state index is 12.5. The van der Waals surface area contributed by atoms with Crippen LogP contribution in [0.25, 0.3) is 0 Å². The highest BCUT2D eigenvalue weighted by molar-refractivity contribution is 5.95. The third kappa shape index (κ3) is 6.96. The van der Waals surface area contributed by atoms with Crippen LogP contribution < -0.4 is 16.3 Å². The van der Waals surface area contributed by atoms with Gasteiger partial charge in [-0.05, 0) is 69.8 Å². The molecule has 7 nitrogen and oxygen atoms in total. The topological polar surface area (TPSA) is 94.8 Å². The molecule has 2 aliphatic rings. The van der Waals surface area contributed by atoms with E-state index < -0.39 is 5.63 Å². The third-order valence-electron chi connectivity index (χ3n) is 5.77. The molecule has 29 heavy (non-hydrogen) atoms. The summed E-state index contributed by atoms with van der Waals surface area (Å²) in [6, 6.07) is 1.84. The fourth-order valence-electron chi connectivity index (χ4n) is 4.01. The van der Waals surface area contributed by atoms with Crippen molar-refractivity contribution in [2.45, 2.75) is 38.5 Å². The van der Waals surface area contributed by atoms with Crippen molar-refractivity contribution in [3.8, 4) is 0 Å². The van der Waals surface area contributed by atoms with Crippen LogP contribution in [0.5, 0.6) is 0 Å². The molecule has 0 bridgehead atoms. The lowest BCUT2D eigenvalue weighted by atomic mass is 9.95. The van der Waals surface area contributed by atoms with Crippen molar-refractivity contribution in [2.75, 3.05) is 45.9 Å². The summed E-state index contributed by atoms with van der Waals surface area (Å²) in [6.07, 6.45) is 4.04. The summed E-state index contributed by atoms with van der Waals surface area (Å²) in [5, 5.41) is 15.4. The number of hydrogen-bond donors (Lipinski definition) is 3. The molecule has 9 heteroatoms. The molecule has 1 atom stereocenters. The molecular formula is C20H33Cl2N3O4. The van der Waals surface area contributed by atoms with Crippen molar-refractivity contribution >= 4 is 30.7 Å². The van der Waals surface area contributed by atoms with E-state index in [9.17, 15) is 14.7 Å². The van der Waals surface area contributed by atoms with Crippen LogP contribution in [0.2, 0.25) is 0 Å². The molecular weight excluding hydrogens is 417 g/mol. The van der Waals surface area contributed by atoms with Gasteiger partial charge in [-0.1, -0.05) is 0 Å². The molecule has 3 rings (SSSR count). The number of nitrogens with zero attached hydrogens (tertiary/aromatic N) is 1. The molecule has 2 aliphatic heterocycles. The molecule has 3 heterocycles. The lowest BCUT2D eigenvalue weighted by Crippen LogP contribution is -2.41. The summed E-state index contributed by atoms with van der Waals surface area (Å²) in [4.78, 5) is 27.2. The highest BCUT2D eigenvalue weighted by Gasteiger charge is 2.23. The van der Waals surface area contributed by atoms with Crippen LogP contribution >= 0.6 is 24.8 Å². The first-order chi connectivity index (χ1) is 13.1. The second-order valence-corrected chi connectivity index (χ2v) is 7.76. The van der Waals surface area contributed by atoms with Gasteiger partial charge in [0.25, 0.3) is 5.91 Å². The summed E-state index contributed by atoms with van der Waals surface area (Å²) in [5.41, 5.74) is 0.242. The minimum absolute atomic E-state index is 0. The first kappa shape index (κ1) is 25.9. The summed E-state index contributed by atoms with van der Waals surface area (Å²) in [6.45, 7) is 6.98. The molecule has 1 aromatic rings. The smallest absolute Gasteiger partial charge is 0.349 e. The number of hydrogen-bond acceptors (Lipinski definition) is 6. The number of piperidine rings is 2. The molecule has 2 saturated heterocycles. The molecule has 1 aromatic heterocycles. The standard InChI is InChI=1S/C20H31N3O4.2ClH/c1-14-11-17(16-3-2-6-21-12-16)27-20(26)18(14)19(25)22-7-10-23-8-4-15(13-24)5-9-23;;/h11,15-16,21,24H,2-10,12-13H2,1H3,(H,22,25);2*1H. The average molecular weight is 450 g/mol. The number of aryl methyl sites for hydroxylation is 1. The van der Waals surface area contributed by atoms with E-state index in [1.807, 2.05) is 6.07 Å². The Balaban J connectivity index is 0.00000210. The van der Waals surface area contributed by atoms with Crippen LogP contribution in [0.15, 0.2) is 15.3 Å². The largest absolute Gasteiger partial charge is 0.427 e. The Morgan fingerprint density at radius 3 is 2.62 bits per heavy atom. The van der Waals surface area contributed by atoms with Gasteiger partial charge >= 0.3 is 5.63 Å². The van der Waals surface area contributed by atoms with Crippen molar-refractivity contribution in [1.29, 1.82) is 0 Å².